The molecule has 0 saturated carbocycles. The molecular weight excluding hydrogens is 450 g/mol. The Labute approximate surface area is 205 Å². The molecular formula is C26H33N3O6. The van der Waals surface area contributed by atoms with Crippen LogP contribution >= 0.6 is 0 Å². The van der Waals surface area contributed by atoms with E-state index in [1.165, 1.54) is 14.0 Å². The zero-order valence-corrected chi connectivity index (χ0v) is 20.4. The van der Waals surface area contributed by atoms with Gasteiger partial charge < -0.3 is 25.4 Å². The van der Waals surface area contributed by atoms with Crippen molar-refractivity contribution in [3.63, 3.8) is 0 Å². The van der Waals surface area contributed by atoms with Crippen molar-refractivity contribution in [3.05, 3.63) is 71.8 Å². The van der Waals surface area contributed by atoms with Crippen LogP contribution in [0.2, 0.25) is 0 Å². The fourth-order valence-corrected chi connectivity index (χ4v) is 3.27. The van der Waals surface area contributed by atoms with Gasteiger partial charge in [-0.1, -0.05) is 74.5 Å². The van der Waals surface area contributed by atoms with E-state index in [1.54, 1.807) is 13.8 Å². The molecule has 3 atom stereocenters. The summed E-state index contributed by atoms with van der Waals surface area (Å²) < 4.78 is 9.98. The lowest BCUT2D eigenvalue weighted by atomic mass is 10.0. The van der Waals surface area contributed by atoms with Crippen LogP contribution in [0.25, 0.3) is 0 Å². The third-order valence-electron chi connectivity index (χ3n) is 5.27. The molecule has 0 spiro atoms. The molecule has 0 fully saturated rings. The van der Waals surface area contributed by atoms with Gasteiger partial charge in [0.15, 0.2) is 0 Å². The van der Waals surface area contributed by atoms with Crippen molar-refractivity contribution < 1.29 is 28.7 Å². The Hall–Kier alpha value is -3.88. The lowest BCUT2D eigenvalue weighted by Crippen LogP contribution is -2.57. The number of methoxy groups -OCH3 is 1. The molecule has 9 nitrogen and oxygen atoms in total. The predicted molar refractivity (Wildman–Crippen MR) is 130 cm³/mol. The minimum atomic E-state index is -0.951. The molecule has 188 valence electrons. The highest BCUT2D eigenvalue weighted by molar-refractivity contribution is 5.93. The van der Waals surface area contributed by atoms with Gasteiger partial charge in [0.1, 0.15) is 24.7 Å². The Balaban J connectivity index is 1.95. The van der Waals surface area contributed by atoms with Crippen LogP contribution < -0.4 is 16.0 Å². The Bertz CT molecular complexity index is 981. The fourth-order valence-electron chi connectivity index (χ4n) is 3.27. The molecule has 3 amide bonds. The number of benzene rings is 2. The minimum absolute atomic E-state index is 0.0639. The maximum absolute atomic E-state index is 13.0. The van der Waals surface area contributed by atoms with E-state index in [0.717, 1.165) is 11.1 Å². The highest BCUT2D eigenvalue weighted by Crippen LogP contribution is 2.08. The van der Waals surface area contributed by atoms with Crippen LogP contribution in [0.5, 0.6) is 0 Å². The van der Waals surface area contributed by atoms with Gasteiger partial charge >= 0.3 is 12.1 Å². The van der Waals surface area contributed by atoms with E-state index in [2.05, 4.69) is 16.0 Å². The van der Waals surface area contributed by atoms with Crippen molar-refractivity contribution in [3.8, 4) is 0 Å². The first-order chi connectivity index (χ1) is 16.7. The SMILES string of the molecule is COC(=O)[C@H](Cc1ccccc1)NC(=O)[C@@H](NC(=O)[C@H](C)NC(=O)OCc1ccccc1)C(C)C. The van der Waals surface area contributed by atoms with Gasteiger partial charge in [0, 0.05) is 6.42 Å². The summed E-state index contributed by atoms with van der Waals surface area (Å²) in [5, 5.41) is 7.78. The maximum atomic E-state index is 13.0. The summed E-state index contributed by atoms with van der Waals surface area (Å²) in [6, 6.07) is 15.5. The Morgan fingerprint density at radius 2 is 1.34 bits per heavy atom. The number of hydrogen-bond acceptors (Lipinski definition) is 6. The lowest BCUT2D eigenvalue weighted by molar-refractivity contribution is -0.145. The third-order valence-corrected chi connectivity index (χ3v) is 5.27. The average Bonchev–Trinajstić information content (AvgIpc) is 2.85. The number of nitrogens with one attached hydrogen (secondary N) is 3. The molecule has 0 unspecified atom stereocenters. The van der Waals surface area contributed by atoms with Crippen molar-refractivity contribution in [2.45, 2.75) is 51.9 Å². The number of rotatable bonds is 11. The van der Waals surface area contributed by atoms with Crippen molar-refractivity contribution in [2.75, 3.05) is 7.11 Å². The molecule has 0 aliphatic rings. The van der Waals surface area contributed by atoms with Crippen LogP contribution in [0.4, 0.5) is 4.79 Å². The zero-order valence-electron chi connectivity index (χ0n) is 20.4. The molecule has 9 heteroatoms. The summed E-state index contributed by atoms with van der Waals surface area (Å²) in [6.07, 6.45) is -0.515. The Morgan fingerprint density at radius 1 is 0.771 bits per heavy atom. The quantitative estimate of drug-likeness (QED) is 0.422. The number of amides is 3. The van der Waals surface area contributed by atoms with E-state index >= 15 is 0 Å². The van der Waals surface area contributed by atoms with Crippen molar-refractivity contribution in [2.24, 2.45) is 5.92 Å². The standard InChI is InChI=1S/C26H33N3O6/c1-17(2)22(24(31)28-21(25(32)34-4)15-19-11-7-5-8-12-19)29-23(30)18(3)27-26(33)35-16-20-13-9-6-10-14-20/h5-14,17-18,21-22H,15-16H2,1-4H3,(H,27,33)(H,28,31)(H,29,30)/t18-,21-,22-/m0/s1. The second-order valence-corrected chi connectivity index (χ2v) is 8.43. The summed E-state index contributed by atoms with van der Waals surface area (Å²) in [6.45, 7) is 5.08. The molecule has 35 heavy (non-hydrogen) atoms. The van der Waals surface area contributed by atoms with Gasteiger partial charge in [-0.3, -0.25) is 9.59 Å². The summed E-state index contributed by atoms with van der Waals surface area (Å²) in [4.78, 5) is 50.0. The Morgan fingerprint density at radius 3 is 1.89 bits per heavy atom. The van der Waals surface area contributed by atoms with Gasteiger partial charge in [0.05, 0.1) is 7.11 Å². The normalized spacial score (nSPS) is 13.2. The predicted octanol–water partition coefficient (Wildman–Crippen LogP) is 2.34. The highest BCUT2D eigenvalue weighted by atomic mass is 16.5. The van der Waals surface area contributed by atoms with E-state index < -0.39 is 42.0 Å². The summed E-state index contributed by atoms with van der Waals surface area (Å²) >= 11 is 0. The molecule has 3 N–H and O–H groups in total. The summed E-state index contributed by atoms with van der Waals surface area (Å²) in [5.41, 5.74) is 1.66. The van der Waals surface area contributed by atoms with Crippen LogP contribution in [-0.2, 0) is 36.9 Å². The van der Waals surface area contributed by atoms with Crippen LogP contribution in [0.15, 0.2) is 60.7 Å². The summed E-state index contributed by atoms with van der Waals surface area (Å²) in [7, 11) is 1.25. The number of carbonyl (C=O) groups is 4. The lowest BCUT2D eigenvalue weighted by Gasteiger charge is -2.26. The molecule has 0 radical (unpaired) electrons. The summed E-state index contributed by atoms with van der Waals surface area (Å²) in [5.74, 6) is -1.97. The maximum Gasteiger partial charge on any atom is 0.408 e. The molecule has 0 aromatic heterocycles. The molecule has 0 saturated heterocycles. The second-order valence-electron chi connectivity index (χ2n) is 8.43. The number of hydrogen-bond donors (Lipinski definition) is 3. The first-order valence-corrected chi connectivity index (χ1v) is 11.4. The number of esters is 1. The first-order valence-electron chi connectivity index (χ1n) is 11.4. The first kappa shape index (κ1) is 27.4. The molecule has 2 aromatic carbocycles. The highest BCUT2D eigenvalue weighted by Gasteiger charge is 2.30. The van der Waals surface area contributed by atoms with Crippen LogP contribution in [0.1, 0.15) is 31.9 Å². The van der Waals surface area contributed by atoms with E-state index in [4.69, 9.17) is 9.47 Å². The van der Waals surface area contributed by atoms with Crippen molar-refractivity contribution >= 4 is 23.9 Å². The van der Waals surface area contributed by atoms with Crippen LogP contribution in [0, 0.1) is 5.92 Å². The van der Waals surface area contributed by atoms with Crippen molar-refractivity contribution in [1.82, 2.24) is 16.0 Å². The van der Waals surface area contributed by atoms with Crippen LogP contribution in [-0.4, -0.2) is 49.1 Å². The third kappa shape index (κ3) is 9.11. The monoisotopic (exact) mass is 483 g/mol. The number of ether oxygens (including phenoxy) is 2. The minimum Gasteiger partial charge on any atom is -0.467 e. The fraction of sp³-hybridized carbons (Fsp3) is 0.385. The number of carbonyl (C=O) groups excluding carboxylic acids is 4. The van der Waals surface area contributed by atoms with Gasteiger partial charge in [-0.15, -0.1) is 0 Å². The average molecular weight is 484 g/mol. The molecule has 0 aliphatic carbocycles. The second kappa shape index (κ2) is 13.7. The van der Waals surface area contributed by atoms with E-state index in [1.807, 2.05) is 60.7 Å². The van der Waals surface area contributed by atoms with E-state index in [-0.39, 0.29) is 18.9 Å². The zero-order chi connectivity index (χ0) is 25.8. The molecule has 2 aromatic rings. The van der Waals surface area contributed by atoms with Gasteiger partial charge in [0.25, 0.3) is 0 Å². The van der Waals surface area contributed by atoms with Gasteiger partial charge in [-0.2, -0.15) is 0 Å². The molecule has 2 rings (SSSR count). The topological polar surface area (TPSA) is 123 Å². The van der Waals surface area contributed by atoms with Gasteiger partial charge in [-0.05, 0) is 24.0 Å². The molecule has 0 heterocycles. The Kier molecular flexibility index (Phi) is 10.7. The largest absolute Gasteiger partial charge is 0.467 e. The van der Waals surface area contributed by atoms with E-state index in [9.17, 15) is 19.2 Å². The van der Waals surface area contributed by atoms with E-state index in [0.29, 0.717) is 0 Å². The van der Waals surface area contributed by atoms with Gasteiger partial charge in [-0.25, -0.2) is 9.59 Å². The number of alkyl carbamates (subject to hydrolysis) is 1. The van der Waals surface area contributed by atoms with Gasteiger partial charge in [0.2, 0.25) is 11.8 Å². The smallest absolute Gasteiger partial charge is 0.408 e. The molecule has 0 bridgehead atoms. The van der Waals surface area contributed by atoms with Crippen molar-refractivity contribution in [1.29, 1.82) is 0 Å². The molecule has 0 aliphatic heterocycles. The van der Waals surface area contributed by atoms with Crippen LogP contribution in [0.3, 0.4) is 0 Å².